The second-order valence-electron chi connectivity index (χ2n) is 11.2. The highest BCUT2D eigenvalue weighted by Gasteiger charge is 2.48. The number of esters is 1. The molecule has 10 heteroatoms. The Kier molecular flexibility index (Phi) is 9.57. The van der Waals surface area contributed by atoms with Gasteiger partial charge in [0, 0.05) is 31.9 Å². The molecule has 3 amide bonds. The lowest BCUT2D eigenvalue weighted by Crippen LogP contribution is -2.51. The molecule has 0 unspecified atom stereocenters. The lowest BCUT2D eigenvalue weighted by Gasteiger charge is -2.42. The molecule has 2 N–H and O–H groups in total. The van der Waals surface area contributed by atoms with E-state index >= 15 is 0 Å². The number of benzene rings is 2. The maximum absolute atomic E-state index is 14.0. The molecule has 44 heavy (non-hydrogen) atoms. The number of pyridine rings is 1. The number of hydrogen-bond acceptors (Lipinski definition) is 7. The number of fused-ring (bicyclic) bond motifs is 1. The maximum atomic E-state index is 14.0. The van der Waals surface area contributed by atoms with Gasteiger partial charge in [0.25, 0.3) is 5.91 Å². The highest BCUT2D eigenvalue weighted by Crippen LogP contribution is 2.48. The zero-order valence-electron chi connectivity index (χ0n) is 25.1. The number of likely N-dealkylation sites (tertiary alicyclic amines) is 1. The molecular formula is C34H38N4O6. The number of rotatable bonds is 9. The molecule has 1 aliphatic heterocycles. The van der Waals surface area contributed by atoms with Gasteiger partial charge >= 0.3 is 5.97 Å². The zero-order chi connectivity index (χ0) is 31.1. The van der Waals surface area contributed by atoms with Crippen molar-refractivity contribution in [2.24, 2.45) is 0 Å². The summed E-state index contributed by atoms with van der Waals surface area (Å²) in [5.74, 6) is -0.928. The van der Waals surface area contributed by atoms with Gasteiger partial charge in [0.05, 0.1) is 32.0 Å². The number of aromatic nitrogens is 1. The summed E-state index contributed by atoms with van der Waals surface area (Å²) in [5, 5.41) is 6.03. The van der Waals surface area contributed by atoms with Crippen LogP contribution in [0.15, 0.2) is 72.9 Å². The summed E-state index contributed by atoms with van der Waals surface area (Å²) in [5.41, 5.74) is 1.86. The Morgan fingerprint density at radius 2 is 1.66 bits per heavy atom. The number of piperidine rings is 1. The lowest BCUT2D eigenvalue weighted by atomic mass is 9.62. The topological polar surface area (TPSA) is 127 Å². The first kappa shape index (κ1) is 30.7. The van der Waals surface area contributed by atoms with Crippen LogP contribution in [-0.2, 0) is 24.5 Å². The van der Waals surface area contributed by atoms with E-state index < -0.39 is 17.3 Å². The van der Waals surface area contributed by atoms with Crippen LogP contribution < -0.4 is 15.4 Å². The molecule has 230 valence electrons. The third-order valence-corrected chi connectivity index (χ3v) is 8.75. The van der Waals surface area contributed by atoms with Crippen LogP contribution in [0.1, 0.15) is 65.1 Å². The average Bonchev–Trinajstić information content (AvgIpc) is 3.08. The summed E-state index contributed by atoms with van der Waals surface area (Å²) < 4.78 is 9.96. The molecule has 2 aliphatic rings. The van der Waals surface area contributed by atoms with Crippen LogP contribution >= 0.6 is 0 Å². The van der Waals surface area contributed by atoms with Gasteiger partial charge < -0.3 is 25.0 Å². The first-order valence-electron chi connectivity index (χ1n) is 15.0. The van der Waals surface area contributed by atoms with Crippen molar-refractivity contribution < 1.29 is 28.7 Å². The van der Waals surface area contributed by atoms with E-state index in [9.17, 15) is 19.2 Å². The normalized spacial score (nSPS) is 19.8. The number of ether oxygens (including phenoxy) is 2. The van der Waals surface area contributed by atoms with Crippen molar-refractivity contribution in [3.05, 3.63) is 95.2 Å². The number of carbonyl (C=O) groups excluding carboxylic acids is 4. The Morgan fingerprint density at radius 1 is 0.932 bits per heavy atom. The second-order valence-corrected chi connectivity index (χ2v) is 11.2. The maximum Gasteiger partial charge on any atom is 0.307 e. The fraction of sp³-hybridized carbons (Fsp3) is 0.382. The minimum atomic E-state index is -1.00. The van der Waals surface area contributed by atoms with Crippen molar-refractivity contribution in [3.8, 4) is 5.88 Å². The van der Waals surface area contributed by atoms with Gasteiger partial charge in [-0.2, -0.15) is 0 Å². The van der Waals surface area contributed by atoms with Crippen molar-refractivity contribution in [2.75, 3.05) is 33.9 Å². The van der Waals surface area contributed by atoms with Gasteiger partial charge in [0.2, 0.25) is 17.7 Å². The average molecular weight is 599 g/mol. The van der Waals surface area contributed by atoms with Gasteiger partial charge in [0.1, 0.15) is 5.56 Å². The zero-order valence-corrected chi connectivity index (χ0v) is 25.1. The van der Waals surface area contributed by atoms with Crippen molar-refractivity contribution in [2.45, 2.75) is 49.5 Å². The van der Waals surface area contributed by atoms with E-state index in [4.69, 9.17) is 9.47 Å². The van der Waals surface area contributed by atoms with E-state index in [2.05, 4.69) is 15.6 Å². The summed E-state index contributed by atoms with van der Waals surface area (Å²) >= 11 is 0. The molecule has 10 nitrogen and oxygen atoms in total. The summed E-state index contributed by atoms with van der Waals surface area (Å²) in [6, 6.07) is 20.6. The highest BCUT2D eigenvalue weighted by molar-refractivity contribution is 5.97. The number of hydrogen-bond donors (Lipinski definition) is 2. The SMILES string of the molecule is COC(=O)CCNC(=O)[C@]1(c2ccccc2)CC[C@@H](C(=O)N2CCC(NC(=O)c3cccnc3OC)CC2)c2ccccc21. The molecule has 1 aliphatic carbocycles. The summed E-state index contributed by atoms with van der Waals surface area (Å²) in [7, 11) is 2.80. The molecule has 1 aromatic heterocycles. The minimum absolute atomic E-state index is 0.0314. The molecular weight excluding hydrogens is 560 g/mol. The van der Waals surface area contributed by atoms with Crippen molar-refractivity contribution >= 4 is 23.7 Å². The summed E-state index contributed by atoms with van der Waals surface area (Å²) in [6.45, 7) is 1.19. The molecule has 1 saturated heterocycles. The van der Waals surface area contributed by atoms with Crippen LogP contribution in [0.2, 0.25) is 0 Å². The van der Waals surface area contributed by atoms with Gasteiger partial charge in [0.15, 0.2) is 0 Å². The number of methoxy groups -OCH3 is 2. The Balaban J connectivity index is 1.32. The van der Waals surface area contributed by atoms with Gasteiger partial charge in [-0.05, 0) is 54.5 Å². The summed E-state index contributed by atoms with van der Waals surface area (Å²) in [4.78, 5) is 58.6. The van der Waals surface area contributed by atoms with E-state index in [1.54, 1.807) is 18.3 Å². The van der Waals surface area contributed by atoms with Crippen LogP contribution in [0.4, 0.5) is 0 Å². The molecule has 2 aromatic carbocycles. The van der Waals surface area contributed by atoms with E-state index in [1.165, 1.54) is 14.2 Å². The molecule has 1 fully saturated rings. The fourth-order valence-electron chi connectivity index (χ4n) is 6.47. The molecule has 3 aromatic rings. The quantitative estimate of drug-likeness (QED) is 0.362. The summed E-state index contributed by atoms with van der Waals surface area (Å²) in [6.07, 6.45) is 3.84. The standard InChI is InChI=1S/C34H38N4O6/c1-43-29(39)15-20-36-33(42)34(23-9-4-3-5-10-23)18-14-26(25-11-6-7-13-28(25)34)32(41)38-21-16-24(17-22-38)37-30(40)27-12-8-19-35-31(27)44-2/h3-13,19,24,26H,14-18,20-22H2,1-2H3,(H,36,42)(H,37,40)/t26-,34+/m1/s1. The van der Waals surface area contributed by atoms with E-state index in [0.29, 0.717) is 44.3 Å². The Morgan fingerprint density at radius 3 is 2.39 bits per heavy atom. The number of carbonyl (C=O) groups is 4. The lowest BCUT2D eigenvalue weighted by molar-refractivity contribution is -0.140. The first-order chi connectivity index (χ1) is 21.4. The number of nitrogens with zero attached hydrogens (tertiary/aromatic N) is 2. The number of nitrogens with one attached hydrogen (secondary N) is 2. The van der Waals surface area contributed by atoms with Crippen LogP contribution in [0.3, 0.4) is 0 Å². The van der Waals surface area contributed by atoms with Gasteiger partial charge in [-0.3, -0.25) is 19.2 Å². The van der Waals surface area contributed by atoms with Crippen molar-refractivity contribution in [1.82, 2.24) is 20.5 Å². The van der Waals surface area contributed by atoms with E-state index in [1.807, 2.05) is 59.5 Å². The smallest absolute Gasteiger partial charge is 0.307 e. The van der Waals surface area contributed by atoms with E-state index in [-0.39, 0.29) is 42.6 Å². The number of amides is 3. The largest absolute Gasteiger partial charge is 0.480 e. The predicted molar refractivity (Wildman–Crippen MR) is 163 cm³/mol. The molecule has 0 spiro atoms. The van der Waals surface area contributed by atoms with Gasteiger partial charge in [-0.15, -0.1) is 0 Å². The van der Waals surface area contributed by atoms with Gasteiger partial charge in [-0.25, -0.2) is 4.98 Å². The fourth-order valence-corrected chi connectivity index (χ4v) is 6.47. The predicted octanol–water partition coefficient (Wildman–Crippen LogP) is 3.35. The first-order valence-corrected chi connectivity index (χ1v) is 15.0. The molecule has 0 saturated carbocycles. The third-order valence-electron chi connectivity index (χ3n) is 8.75. The molecule has 0 bridgehead atoms. The van der Waals surface area contributed by atoms with Crippen LogP contribution in [0.5, 0.6) is 5.88 Å². The Labute approximate surface area is 257 Å². The van der Waals surface area contributed by atoms with Crippen LogP contribution in [-0.4, -0.2) is 73.5 Å². The molecule has 0 radical (unpaired) electrons. The molecule has 5 rings (SSSR count). The minimum Gasteiger partial charge on any atom is -0.480 e. The van der Waals surface area contributed by atoms with Crippen LogP contribution in [0, 0.1) is 0 Å². The monoisotopic (exact) mass is 598 g/mol. The highest BCUT2D eigenvalue weighted by atomic mass is 16.5. The van der Waals surface area contributed by atoms with Crippen LogP contribution in [0.25, 0.3) is 0 Å². The van der Waals surface area contributed by atoms with Crippen molar-refractivity contribution in [3.63, 3.8) is 0 Å². The third kappa shape index (κ3) is 6.15. The Hall–Kier alpha value is -4.73. The van der Waals surface area contributed by atoms with Crippen molar-refractivity contribution in [1.29, 1.82) is 0 Å². The second kappa shape index (κ2) is 13.7. The molecule has 2 atom stereocenters. The van der Waals surface area contributed by atoms with Gasteiger partial charge in [-0.1, -0.05) is 54.6 Å². The van der Waals surface area contributed by atoms with E-state index in [0.717, 1.165) is 16.7 Å². The molecule has 2 heterocycles. The Bertz CT molecular complexity index is 1500.